The summed E-state index contributed by atoms with van der Waals surface area (Å²) in [6, 6.07) is 1.41. The van der Waals surface area contributed by atoms with Gasteiger partial charge in [0.05, 0.1) is 6.54 Å². The molecule has 6 nitrogen and oxygen atoms in total. The van der Waals surface area contributed by atoms with Crippen molar-refractivity contribution in [1.82, 2.24) is 24.3 Å². The number of pyridine rings is 1. The van der Waals surface area contributed by atoms with Crippen molar-refractivity contribution in [2.45, 2.75) is 25.7 Å². The second kappa shape index (κ2) is 5.95. The maximum atomic E-state index is 14.4. The first-order valence-corrected chi connectivity index (χ1v) is 9.02. The molecule has 0 spiro atoms. The van der Waals surface area contributed by atoms with Gasteiger partial charge in [-0.1, -0.05) is 0 Å². The number of nitrogens with zero attached hydrogens (tertiary/aromatic N) is 4. The summed E-state index contributed by atoms with van der Waals surface area (Å²) in [7, 11) is 0. The minimum Gasteiger partial charge on any atom is -0.348 e. The number of hydrogen-bond acceptors (Lipinski definition) is 4. The summed E-state index contributed by atoms with van der Waals surface area (Å²) in [4.78, 5) is 15.5. The lowest BCUT2D eigenvalue weighted by Gasteiger charge is -2.15. The Kier molecular flexibility index (Phi) is 3.62. The molecule has 1 aliphatic carbocycles. The van der Waals surface area contributed by atoms with E-state index in [2.05, 4.69) is 25.3 Å². The predicted molar refractivity (Wildman–Crippen MR) is 98.9 cm³/mol. The molecular formula is C19H17F3N6. The number of aryl methyl sites for hydroxylation is 1. The Hall–Kier alpha value is -3.10. The highest BCUT2D eigenvalue weighted by Crippen LogP contribution is 2.43. The summed E-state index contributed by atoms with van der Waals surface area (Å²) in [6.07, 6.45) is 7.78. The fourth-order valence-corrected chi connectivity index (χ4v) is 3.39. The molecule has 1 saturated carbocycles. The predicted octanol–water partition coefficient (Wildman–Crippen LogP) is 4.18. The van der Waals surface area contributed by atoms with Gasteiger partial charge in [0.25, 0.3) is 5.92 Å². The van der Waals surface area contributed by atoms with Gasteiger partial charge >= 0.3 is 0 Å². The molecule has 0 unspecified atom stereocenters. The zero-order chi connectivity index (χ0) is 19.5. The molecule has 4 heterocycles. The molecule has 4 aromatic heterocycles. The molecule has 0 radical (unpaired) electrons. The van der Waals surface area contributed by atoms with Crippen molar-refractivity contribution in [2.24, 2.45) is 5.92 Å². The number of hydrogen-bond donors (Lipinski definition) is 2. The number of aromatic nitrogens is 5. The van der Waals surface area contributed by atoms with Gasteiger partial charge in [0, 0.05) is 52.9 Å². The van der Waals surface area contributed by atoms with Crippen LogP contribution < -0.4 is 5.32 Å². The smallest absolute Gasteiger partial charge is 0.267 e. The van der Waals surface area contributed by atoms with E-state index in [1.54, 1.807) is 29.2 Å². The number of rotatable bonds is 5. The van der Waals surface area contributed by atoms with E-state index >= 15 is 0 Å². The summed E-state index contributed by atoms with van der Waals surface area (Å²) in [5.74, 6) is -3.60. The lowest BCUT2D eigenvalue weighted by Crippen LogP contribution is -2.29. The lowest BCUT2D eigenvalue weighted by atomic mass is 10.1. The van der Waals surface area contributed by atoms with Crippen LogP contribution in [-0.2, 0) is 0 Å². The van der Waals surface area contributed by atoms with Crippen molar-refractivity contribution >= 4 is 22.6 Å². The Bertz CT molecular complexity index is 1190. The van der Waals surface area contributed by atoms with Crippen LogP contribution in [0.25, 0.3) is 27.8 Å². The monoisotopic (exact) mass is 386 g/mol. The third kappa shape index (κ3) is 2.78. The van der Waals surface area contributed by atoms with Crippen molar-refractivity contribution < 1.29 is 13.2 Å². The van der Waals surface area contributed by atoms with E-state index in [0.29, 0.717) is 29.4 Å². The molecule has 144 valence electrons. The first kappa shape index (κ1) is 17.0. The van der Waals surface area contributed by atoms with E-state index in [4.69, 9.17) is 0 Å². The van der Waals surface area contributed by atoms with Crippen LogP contribution in [0.3, 0.4) is 0 Å². The van der Waals surface area contributed by atoms with Crippen LogP contribution in [0.4, 0.5) is 19.1 Å². The number of halogens is 3. The van der Waals surface area contributed by atoms with Crippen LogP contribution in [0.1, 0.15) is 18.5 Å². The number of alkyl halides is 2. The van der Waals surface area contributed by atoms with Crippen LogP contribution in [-0.4, -0.2) is 36.8 Å². The Morgan fingerprint density at radius 2 is 2.11 bits per heavy atom. The van der Waals surface area contributed by atoms with Crippen molar-refractivity contribution in [2.75, 3.05) is 11.9 Å². The molecule has 1 aliphatic rings. The standard InChI is InChI=1S/C19H17F3N6/c1-10-5-24-17-15(20)4-11(8-28(10)17)13-6-23-16-14(13)7-25-18(27-16)26-9-19(21,22)12-2-3-12/h4-8,12H,2-3,9H2,1H3,(H2,23,25,26,27). The Morgan fingerprint density at radius 3 is 2.89 bits per heavy atom. The minimum absolute atomic E-state index is 0.133. The van der Waals surface area contributed by atoms with Crippen molar-refractivity contribution in [3.05, 3.63) is 42.4 Å². The maximum absolute atomic E-state index is 14.4. The number of fused-ring (bicyclic) bond motifs is 2. The number of aromatic amines is 1. The Balaban J connectivity index is 1.47. The van der Waals surface area contributed by atoms with E-state index in [-0.39, 0.29) is 11.6 Å². The Morgan fingerprint density at radius 1 is 1.29 bits per heavy atom. The van der Waals surface area contributed by atoms with Crippen LogP contribution in [0.2, 0.25) is 0 Å². The normalized spacial score (nSPS) is 14.9. The van der Waals surface area contributed by atoms with E-state index in [9.17, 15) is 13.2 Å². The number of anilines is 1. The van der Waals surface area contributed by atoms with E-state index in [0.717, 1.165) is 11.3 Å². The molecule has 0 aromatic carbocycles. The first-order valence-electron chi connectivity index (χ1n) is 9.02. The summed E-state index contributed by atoms with van der Waals surface area (Å²) >= 11 is 0. The summed E-state index contributed by atoms with van der Waals surface area (Å²) < 4.78 is 43.7. The van der Waals surface area contributed by atoms with Crippen molar-refractivity contribution in [3.63, 3.8) is 0 Å². The number of H-pyrrole nitrogens is 1. The molecule has 2 N–H and O–H groups in total. The lowest BCUT2D eigenvalue weighted by molar-refractivity contribution is -0.00831. The largest absolute Gasteiger partial charge is 0.348 e. The highest BCUT2D eigenvalue weighted by Gasteiger charge is 2.46. The molecule has 1 fully saturated rings. The molecule has 5 rings (SSSR count). The van der Waals surface area contributed by atoms with Crippen LogP contribution >= 0.6 is 0 Å². The van der Waals surface area contributed by atoms with Gasteiger partial charge in [-0.15, -0.1) is 0 Å². The molecule has 0 atom stereocenters. The fourth-order valence-electron chi connectivity index (χ4n) is 3.39. The molecule has 28 heavy (non-hydrogen) atoms. The second-order valence-corrected chi connectivity index (χ2v) is 7.22. The van der Waals surface area contributed by atoms with E-state index in [1.807, 2.05) is 6.92 Å². The average Bonchev–Trinajstić information content (AvgIpc) is 3.36. The van der Waals surface area contributed by atoms with Gasteiger partial charge in [0.2, 0.25) is 5.95 Å². The van der Waals surface area contributed by atoms with Gasteiger partial charge in [-0.2, -0.15) is 4.98 Å². The van der Waals surface area contributed by atoms with Gasteiger partial charge in [-0.05, 0) is 25.8 Å². The van der Waals surface area contributed by atoms with Gasteiger partial charge in [0.15, 0.2) is 11.5 Å². The maximum Gasteiger partial charge on any atom is 0.267 e. The zero-order valence-corrected chi connectivity index (χ0v) is 15.0. The van der Waals surface area contributed by atoms with Crippen molar-refractivity contribution in [1.29, 1.82) is 0 Å². The summed E-state index contributed by atoms with van der Waals surface area (Å²) in [5, 5.41) is 3.30. The SMILES string of the molecule is Cc1cnc2c(F)cc(-c3c[nH]c4nc(NCC(F)(F)C5CC5)ncc34)cn12. The fraction of sp³-hybridized carbons (Fsp3) is 0.316. The van der Waals surface area contributed by atoms with Crippen molar-refractivity contribution in [3.8, 4) is 11.1 Å². The quantitative estimate of drug-likeness (QED) is 0.540. The number of imidazole rings is 1. The molecule has 0 amide bonds. The zero-order valence-electron chi connectivity index (χ0n) is 15.0. The highest BCUT2D eigenvalue weighted by molar-refractivity contribution is 5.93. The number of nitrogens with one attached hydrogen (secondary N) is 2. The summed E-state index contributed by atoms with van der Waals surface area (Å²) in [5.41, 5.74) is 2.93. The molecule has 0 aliphatic heterocycles. The van der Waals surface area contributed by atoms with Gasteiger partial charge in [0.1, 0.15) is 5.65 Å². The third-order valence-electron chi connectivity index (χ3n) is 5.15. The van der Waals surface area contributed by atoms with Gasteiger partial charge in [-0.25, -0.2) is 23.1 Å². The van der Waals surface area contributed by atoms with Gasteiger partial charge < -0.3 is 14.7 Å². The molecule has 0 saturated heterocycles. The van der Waals surface area contributed by atoms with Crippen LogP contribution in [0.5, 0.6) is 0 Å². The van der Waals surface area contributed by atoms with E-state index < -0.39 is 24.2 Å². The summed E-state index contributed by atoms with van der Waals surface area (Å²) in [6.45, 7) is 1.36. The third-order valence-corrected chi connectivity index (χ3v) is 5.15. The molecule has 4 aromatic rings. The molecule has 9 heteroatoms. The van der Waals surface area contributed by atoms with Crippen LogP contribution in [0.15, 0.2) is 30.9 Å². The molecular weight excluding hydrogens is 369 g/mol. The average molecular weight is 386 g/mol. The van der Waals surface area contributed by atoms with Gasteiger partial charge in [-0.3, -0.25) is 0 Å². The first-order chi connectivity index (χ1) is 13.4. The Labute approximate surface area is 157 Å². The van der Waals surface area contributed by atoms with E-state index in [1.165, 1.54) is 6.07 Å². The topological polar surface area (TPSA) is 70.9 Å². The minimum atomic E-state index is -2.76. The second-order valence-electron chi connectivity index (χ2n) is 7.22. The molecule has 0 bridgehead atoms. The van der Waals surface area contributed by atoms with Crippen LogP contribution in [0, 0.1) is 18.7 Å². The highest BCUT2D eigenvalue weighted by atomic mass is 19.3.